The molecule has 1 aliphatic heterocycles. The van der Waals surface area contributed by atoms with Gasteiger partial charge in [-0.2, -0.15) is 4.98 Å². The highest BCUT2D eigenvalue weighted by atomic mass is 16.5. The normalized spacial score (nSPS) is 21.1. The van der Waals surface area contributed by atoms with Crippen molar-refractivity contribution >= 4 is 0 Å². The van der Waals surface area contributed by atoms with E-state index in [9.17, 15) is 0 Å². The van der Waals surface area contributed by atoms with Crippen LogP contribution in [0.25, 0.3) is 11.3 Å². The van der Waals surface area contributed by atoms with Crippen molar-refractivity contribution < 1.29 is 4.74 Å². The number of hydrogen-bond acceptors (Lipinski definition) is 4. The van der Waals surface area contributed by atoms with Crippen LogP contribution in [0, 0.1) is 12.8 Å². The molecule has 1 saturated heterocycles. The van der Waals surface area contributed by atoms with E-state index in [0.29, 0.717) is 24.5 Å². The van der Waals surface area contributed by atoms with Crippen molar-refractivity contribution in [1.29, 1.82) is 0 Å². The van der Waals surface area contributed by atoms with Crippen molar-refractivity contribution in [3.63, 3.8) is 0 Å². The summed E-state index contributed by atoms with van der Waals surface area (Å²) in [7, 11) is 0. The van der Waals surface area contributed by atoms with E-state index in [0.717, 1.165) is 23.5 Å². The van der Waals surface area contributed by atoms with Crippen LogP contribution in [0.3, 0.4) is 0 Å². The van der Waals surface area contributed by atoms with Gasteiger partial charge < -0.3 is 4.74 Å². The van der Waals surface area contributed by atoms with Crippen molar-refractivity contribution in [2.24, 2.45) is 5.92 Å². The molecule has 0 bridgehead atoms. The summed E-state index contributed by atoms with van der Waals surface area (Å²) in [5, 5.41) is 0. The number of benzene rings is 2. The van der Waals surface area contributed by atoms with E-state index < -0.39 is 0 Å². The molecule has 4 heteroatoms. The molecule has 2 fully saturated rings. The van der Waals surface area contributed by atoms with Gasteiger partial charge in [0.25, 0.3) is 0 Å². The fourth-order valence-electron chi connectivity index (χ4n) is 4.79. The lowest BCUT2D eigenvalue weighted by Crippen LogP contribution is -2.27. The second-order valence-electron chi connectivity index (χ2n) is 9.11. The average molecular weight is 414 g/mol. The molecule has 0 amide bonds. The van der Waals surface area contributed by atoms with Gasteiger partial charge in [0.2, 0.25) is 0 Å². The zero-order valence-electron chi connectivity index (χ0n) is 18.3. The quantitative estimate of drug-likeness (QED) is 0.504. The van der Waals surface area contributed by atoms with Gasteiger partial charge in [0.1, 0.15) is 0 Å². The van der Waals surface area contributed by atoms with E-state index in [-0.39, 0.29) is 0 Å². The Bertz CT molecular complexity index is 991. The summed E-state index contributed by atoms with van der Waals surface area (Å²) in [4.78, 5) is 11.7. The second kappa shape index (κ2) is 9.19. The van der Waals surface area contributed by atoms with Crippen LogP contribution in [0.5, 0.6) is 6.01 Å². The molecule has 0 spiro atoms. The number of ether oxygens (including phenoxy) is 1. The van der Waals surface area contributed by atoms with Crippen molar-refractivity contribution in [3.05, 3.63) is 77.5 Å². The Morgan fingerprint density at radius 2 is 1.68 bits per heavy atom. The van der Waals surface area contributed by atoms with Crippen LogP contribution < -0.4 is 4.74 Å². The summed E-state index contributed by atoms with van der Waals surface area (Å²) in [5.74, 6) is 1.24. The fraction of sp³-hybridized carbons (Fsp3) is 0.407. The molecular formula is C27H31N3O. The predicted octanol–water partition coefficient (Wildman–Crippen LogP) is 5.62. The van der Waals surface area contributed by atoms with E-state index >= 15 is 0 Å². The maximum Gasteiger partial charge on any atom is 0.317 e. The van der Waals surface area contributed by atoms with Crippen LogP contribution in [0.2, 0.25) is 0 Å². The molecule has 0 N–H and O–H groups in total. The minimum absolute atomic E-state index is 0.494. The third-order valence-corrected chi connectivity index (χ3v) is 6.64. The molecule has 1 saturated carbocycles. The highest BCUT2D eigenvalue weighted by molar-refractivity contribution is 5.59. The molecule has 5 rings (SSSR count). The standard InChI is InChI=1S/C27H31N3O/c1-20-15-26(24-7-3-2-4-8-24)29-27(28-20)31-19-22-16-25(17-22)23-11-9-21(10-12-23)18-30-13-5-6-14-30/h2-4,7-12,15,22,25H,5-6,13-14,16-19H2,1H3. The lowest BCUT2D eigenvalue weighted by atomic mass is 9.72. The number of hydrogen-bond donors (Lipinski definition) is 0. The molecule has 2 heterocycles. The number of aromatic nitrogens is 2. The average Bonchev–Trinajstić information content (AvgIpc) is 3.27. The number of likely N-dealkylation sites (tertiary alicyclic amines) is 1. The summed E-state index contributed by atoms with van der Waals surface area (Å²) in [5.41, 5.74) is 5.86. The molecule has 160 valence electrons. The first-order valence-electron chi connectivity index (χ1n) is 11.6. The smallest absolute Gasteiger partial charge is 0.317 e. The first-order chi connectivity index (χ1) is 15.2. The SMILES string of the molecule is Cc1cc(-c2ccccc2)nc(OCC2CC(c3ccc(CN4CCCC4)cc3)C2)n1. The Morgan fingerprint density at radius 3 is 2.42 bits per heavy atom. The Hall–Kier alpha value is -2.72. The van der Waals surface area contributed by atoms with E-state index in [1.54, 1.807) is 0 Å². The Balaban J connectivity index is 1.12. The Kier molecular flexibility index (Phi) is 5.99. The molecule has 1 aliphatic carbocycles. The predicted molar refractivity (Wildman–Crippen MR) is 124 cm³/mol. The van der Waals surface area contributed by atoms with Gasteiger partial charge in [0, 0.05) is 17.8 Å². The number of nitrogens with zero attached hydrogens (tertiary/aromatic N) is 3. The molecular weight excluding hydrogens is 382 g/mol. The summed E-state index contributed by atoms with van der Waals surface area (Å²) in [6, 6.07) is 22.0. The van der Waals surface area contributed by atoms with Gasteiger partial charge in [0.15, 0.2) is 0 Å². The van der Waals surface area contributed by atoms with Gasteiger partial charge in [-0.3, -0.25) is 4.90 Å². The minimum Gasteiger partial charge on any atom is -0.463 e. The molecule has 31 heavy (non-hydrogen) atoms. The fourth-order valence-corrected chi connectivity index (χ4v) is 4.79. The van der Waals surface area contributed by atoms with E-state index in [2.05, 4.69) is 51.3 Å². The van der Waals surface area contributed by atoms with Gasteiger partial charge in [0.05, 0.1) is 12.3 Å². The largest absolute Gasteiger partial charge is 0.463 e. The van der Waals surface area contributed by atoms with Crippen LogP contribution in [0.15, 0.2) is 60.7 Å². The van der Waals surface area contributed by atoms with Crippen molar-refractivity contribution in [3.8, 4) is 17.3 Å². The highest BCUT2D eigenvalue weighted by Gasteiger charge is 2.31. The van der Waals surface area contributed by atoms with E-state index in [1.165, 1.54) is 49.9 Å². The van der Waals surface area contributed by atoms with Gasteiger partial charge in [-0.05, 0) is 74.7 Å². The van der Waals surface area contributed by atoms with Crippen molar-refractivity contribution in [2.75, 3.05) is 19.7 Å². The molecule has 0 atom stereocenters. The first-order valence-corrected chi connectivity index (χ1v) is 11.6. The molecule has 1 aromatic heterocycles. The third-order valence-electron chi connectivity index (χ3n) is 6.64. The third kappa shape index (κ3) is 4.96. The summed E-state index contributed by atoms with van der Waals surface area (Å²) >= 11 is 0. The van der Waals surface area contributed by atoms with Crippen molar-refractivity contribution in [1.82, 2.24) is 14.9 Å². The van der Waals surface area contributed by atoms with Crippen LogP contribution in [-0.2, 0) is 6.54 Å². The first kappa shape index (κ1) is 20.2. The summed E-state index contributed by atoms with van der Waals surface area (Å²) in [6.45, 7) is 6.30. The van der Waals surface area contributed by atoms with Crippen LogP contribution in [0.4, 0.5) is 0 Å². The molecule has 2 aliphatic rings. The van der Waals surface area contributed by atoms with E-state index in [4.69, 9.17) is 4.74 Å². The Labute approximate surface area is 185 Å². The summed E-state index contributed by atoms with van der Waals surface area (Å²) < 4.78 is 6.00. The Morgan fingerprint density at radius 1 is 0.935 bits per heavy atom. The molecule has 0 unspecified atom stereocenters. The molecule has 3 aromatic rings. The topological polar surface area (TPSA) is 38.2 Å². The van der Waals surface area contributed by atoms with E-state index in [1.807, 2.05) is 31.2 Å². The maximum absolute atomic E-state index is 6.00. The van der Waals surface area contributed by atoms with Crippen molar-refractivity contribution in [2.45, 2.75) is 45.1 Å². The van der Waals surface area contributed by atoms with Gasteiger partial charge in [-0.1, -0.05) is 54.6 Å². The highest BCUT2D eigenvalue weighted by Crippen LogP contribution is 2.41. The van der Waals surface area contributed by atoms with Crippen LogP contribution in [-0.4, -0.2) is 34.6 Å². The van der Waals surface area contributed by atoms with Gasteiger partial charge in [-0.25, -0.2) is 4.98 Å². The monoisotopic (exact) mass is 413 g/mol. The molecule has 2 aromatic carbocycles. The second-order valence-corrected chi connectivity index (χ2v) is 9.11. The zero-order chi connectivity index (χ0) is 21.0. The zero-order valence-corrected chi connectivity index (χ0v) is 18.3. The van der Waals surface area contributed by atoms with Crippen LogP contribution >= 0.6 is 0 Å². The van der Waals surface area contributed by atoms with Crippen LogP contribution in [0.1, 0.15) is 48.4 Å². The lowest BCUT2D eigenvalue weighted by Gasteiger charge is -2.35. The lowest BCUT2D eigenvalue weighted by molar-refractivity contribution is 0.149. The number of rotatable bonds is 7. The molecule has 4 nitrogen and oxygen atoms in total. The molecule has 0 radical (unpaired) electrons. The summed E-state index contributed by atoms with van der Waals surface area (Å²) in [6.07, 6.45) is 5.07. The maximum atomic E-state index is 6.00. The number of aryl methyl sites for hydroxylation is 1. The van der Waals surface area contributed by atoms with Gasteiger partial charge >= 0.3 is 6.01 Å². The van der Waals surface area contributed by atoms with Gasteiger partial charge in [-0.15, -0.1) is 0 Å². The minimum atomic E-state index is 0.494.